The largest absolute Gasteiger partial charge is 0.345 e. The summed E-state index contributed by atoms with van der Waals surface area (Å²) >= 11 is 5.97. The number of carbonyl (C=O) groups excluding carboxylic acids is 1. The summed E-state index contributed by atoms with van der Waals surface area (Å²) in [6, 6.07) is 11.5. The maximum Gasteiger partial charge on any atom is 0.253 e. The number of pyridine rings is 1. The molecule has 5 nitrogen and oxygen atoms in total. The van der Waals surface area contributed by atoms with Gasteiger partial charge in [-0.05, 0) is 56.0 Å². The van der Waals surface area contributed by atoms with E-state index in [2.05, 4.69) is 15.4 Å². The van der Waals surface area contributed by atoms with Gasteiger partial charge in [0.05, 0.1) is 24.3 Å². The van der Waals surface area contributed by atoms with Gasteiger partial charge in [-0.25, -0.2) is 0 Å². The molecule has 6 heteroatoms. The maximum absolute atomic E-state index is 12.6. The van der Waals surface area contributed by atoms with Crippen molar-refractivity contribution in [2.45, 2.75) is 38.8 Å². The molecule has 0 bridgehead atoms. The first-order valence-corrected chi connectivity index (χ1v) is 9.50. The normalized spacial score (nSPS) is 16.0. The predicted octanol–water partition coefficient (Wildman–Crippen LogP) is 4.10. The van der Waals surface area contributed by atoms with Crippen LogP contribution in [-0.2, 0) is 13.0 Å². The van der Waals surface area contributed by atoms with Gasteiger partial charge in [0.1, 0.15) is 0 Å². The summed E-state index contributed by atoms with van der Waals surface area (Å²) < 4.78 is 2.03. The molecule has 2 aromatic heterocycles. The van der Waals surface area contributed by atoms with Crippen LogP contribution in [0.4, 0.5) is 0 Å². The van der Waals surface area contributed by atoms with Crippen LogP contribution in [0.15, 0.2) is 48.8 Å². The Kier molecular flexibility index (Phi) is 4.94. The SMILES string of the molecule is Cc1ccc(C(=O)N[C@@H]2CCCc3c2cnn3Cc2ccc(Cl)cc2)cn1. The van der Waals surface area contributed by atoms with Crippen LogP contribution in [0.2, 0.25) is 5.02 Å². The van der Waals surface area contributed by atoms with Crippen LogP contribution in [0.3, 0.4) is 0 Å². The highest BCUT2D eigenvalue weighted by atomic mass is 35.5. The van der Waals surface area contributed by atoms with Crippen molar-refractivity contribution in [1.29, 1.82) is 0 Å². The Hall–Kier alpha value is -2.66. The highest BCUT2D eigenvalue weighted by Gasteiger charge is 2.26. The van der Waals surface area contributed by atoms with Crippen LogP contribution >= 0.6 is 11.6 Å². The van der Waals surface area contributed by atoms with E-state index in [1.165, 1.54) is 5.69 Å². The first kappa shape index (κ1) is 17.7. The van der Waals surface area contributed by atoms with E-state index in [0.29, 0.717) is 12.1 Å². The highest BCUT2D eigenvalue weighted by Crippen LogP contribution is 2.30. The lowest BCUT2D eigenvalue weighted by molar-refractivity contribution is 0.0932. The lowest BCUT2D eigenvalue weighted by Crippen LogP contribution is -2.31. The molecular formula is C21H21ClN4O. The van der Waals surface area contributed by atoms with E-state index in [0.717, 1.165) is 41.1 Å². The molecule has 4 rings (SSSR count). The van der Waals surface area contributed by atoms with Crippen LogP contribution in [0.25, 0.3) is 0 Å². The first-order chi connectivity index (χ1) is 13.1. The van der Waals surface area contributed by atoms with Crippen molar-refractivity contribution in [3.8, 4) is 0 Å². The van der Waals surface area contributed by atoms with Crippen LogP contribution in [0.1, 0.15) is 51.8 Å². The van der Waals surface area contributed by atoms with Crippen molar-refractivity contribution in [1.82, 2.24) is 20.1 Å². The summed E-state index contributed by atoms with van der Waals surface area (Å²) in [6.07, 6.45) is 6.43. The lowest BCUT2D eigenvalue weighted by Gasteiger charge is -2.24. The zero-order chi connectivity index (χ0) is 18.8. The number of hydrogen-bond donors (Lipinski definition) is 1. The second-order valence-electron chi connectivity index (χ2n) is 6.94. The second kappa shape index (κ2) is 7.53. The Bertz CT molecular complexity index is 947. The van der Waals surface area contributed by atoms with Crippen molar-refractivity contribution in [2.75, 3.05) is 0 Å². The molecule has 1 aliphatic rings. The van der Waals surface area contributed by atoms with E-state index >= 15 is 0 Å². The van der Waals surface area contributed by atoms with Gasteiger partial charge in [0.15, 0.2) is 0 Å². The van der Waals surface area contributed by atoms with Gasteiger partial charge in [0, 0.05) is 28.2 Å². The van der Waals surface area contributed by atoms with Crippen LogP contribution in [0.5, 0.6) is 0 Å². The van der Waals surface area contributed by atoms with Gasteiger partial charge in [-0.3, -0.25) is 14.5 Å². The number of aryl methyl sites for hydroxylation is 1. The highest BCUT2D eigenvalue weighted by molar-refractivity contribution is 6.30. The number of carbonyl (C=O) groups is 1. The molecule has 0 saturated heterocycles. The molecule has 27 heavy (non-hydrogen) atoms. The molecule has 138 valence electrons. The number of halogens is 1. The molecule has 1 atom stereocenters. The molecule has 0 fully saturated rings. The molecular weight excluding hydrogens is 360 g/mol. The van der Waals surface area contributed by atoms with E-state index in [-0.39, 0.29) is 11.9 Å². The average Bonchev–Trinajstić information content (AvgIpc) is 3.08. The quantitative estimate of drug-likeness (QED) is 0.741. The van der Waals surface area contributed by atoms with E-state index in [1.54, 1.807) is 6.20 Å². The Morgan fingerprint density at radius 3 is 2.78 bits per heavy atom. The molecule has 2 heterocycles. The number of hydrogen-bond acceptors (Lipinski definition) is 3. The first-order valence-electron chi connectivity index (χ1n) is 9.13. The topological polar surface area (TPSA) is 59.8 Å². The number of amides is 1. The fourth-order valence-electron chi connectivity index (χ4n) is 3.51. The third kappa shape index (κ3) is 3.88. The van der Waals surface area contributed by atoms with Crippen molar-refractivity contribution in [3.63, 3.8) is 0 Å². The van der Waals surface area contributed by atoms with Gasteiger partial charge in [-0.15, -0.1) is 0 Å². The molecule has 3 aromatic rings. The van der Waals surface area contributed by atoms with Crippen molar-refractivity contribution in [3.05, 3.63) is 81.9 Å². The number of benzene rings is 1. The smallest absolute Gasteiger partial charge is 0.253 e. The van der Waals surface area contributed by atoms with Crippen LogP contribution < -0.4 is 5.32 Å². The van der Waals surface area contributed by atoms with Crippen LogP contribution in [0, 0.1) is 6.92 Å². The van der Waals surface area contributed by atoms with E-state index in [1.807, 2.05) is 54.2 Å². The summed E-state index contributed by atoms with van der Waals surface area (Å²) in [5.41, 5.74) is 4.95. The Balaban J connectivity index is 1.52. The maximum atomic E-state index is 12.6. The van der Waals surface area contributed by atoms with E-state index in [9.17, 15) is 4.79 Å². The monoisotopic (exact) mass is 380 g/mol. The van der Waals surface area contributed by atoms with Crippen molar-refractivity contribution in [2.24, 2.45) is 0 Å². The standard InChI is InChI=1S/C21H21ClN4O/c1-14-5-8-16(11-23-14)21(27)25-19-3-2-4-20-18(19)12-24-26(20)13-15-6-9-17(22)10-7-15/h5-12,19H,2-4,13H2,1H3,(H,25,27)/t19-/m1/s1. The molecule has 0 saturated carbocycles. The molecule has 0 spiro atoms. The number of nitrogens with one attached hydrogen (secondary N) is 1. The summed E-state index contributed by atoms with van der Waals surface area (Å²) in [5, 5.41) is 8.45. The lowest BCUT2D eigenvalue weighted by atomic mass is 9.92. The third-order valence-electron chi connectivity index (χ3n) is 4.99. The van der Waals surface area contributed by atoms with Crippen LogP contribution in [-0.4, -0.2) is 20.7 Å². The Morgan fingerprint density at radius 1 is 1.22 bits per heavy atom. The van der Waals surface area contributed by atoms with Gasteiger partial charge < -0.3 is 5.32 Å². The fourth-order valence-corrected chi connectivity index (χ4v) is 3.64. The summed E-state index contributed by atoms with van der Waals surface area (Å²) in [6.45, 7) is 2.61. The zero-order valence-electron chi connectivity index (χ0n) is 15.2. The third-order valence-corrected chi connectivity index (χ3v) is 5.24. The molecule has 0 unspecified atom stereocenters. The molecule has 0 aliphatic heterocycles. The molecule has 1 aromatic carbocycles. The number of nitrogens with zero attached hydrogens (tertiary/aromatic N) is 3. The van der Waals surface area contributed by atoms with Gasteiger partial charge in [0.2, 0.25) is 0 Å². The van der Waals surface area contributed by atoms with E-state index < -0.39 is 0 Å². The summed E-state index contributed by atoms with van der Waals surface area (Å²) in [4.78, 5) is 16.8. The zero-order valence-corrected chi connectivity index (χ0v) is 15.9. The molecule has 1 amide bonds. The number of rotatable bonds is 4. The van der Waals surface area contributed by atoms with Gasteiger partial charge >= 0.3 is 0 Å². The average molecular weight is 381 g/mol. The fraction of sp³-hybridized carbons (Fsp3) is 0.286. The van der Waals surface area contributed by atoms with Crippen molar-refractivity contribution >= 4 is 17.5 Å². The minimum atomic E-state index is -0.0919. The van der Waals surface area contributed by atoms with E-state index in [4.69, 9.17) is 11.6 Å². The summed E-state index contributed by atoms with van der Waals surface area (Å²) in [7, 11) is 0. The minimum Gasteiger partial charge on any atom is -0.345 e. The summed E-state index contributed by atoms with van der Waals surface area (Å²) in [5.74, 6) is -0.0919. The number of aromatic nitrogens is 3. The molecule has 1 N–H and O–H groups in total. The Labute approximate surface area is 163 Å². The molecule has 1 aliphatic carbocycles. The predicted molar refractivity (Wildman–Crippen MR) is 105 cm³/mol. The van der Waals surface area contributed by atoms with Gasteiger partial charge in [-0.1, -0.05) is 23.7 Å². The number of fused-ring (bicyclic) bond motifs is 1. The molecule has 0 radical (unpaired) electrons. The Morgan fingerprint density at radius 2 is 2.04 bits per heavy atom. The van der Waals surface area contributed by atoms with Gasteiger partial charge in [-0.2, -0.15) is 5.10 Å². The van der Waals surface area contributed by atoms with Gasteiger partial charge in [0.25, 0.3) is 5.91 Å². The second-order valence-corrected chi connectivity index (χ2v) is 7.37. The van der Waals surface area contributed by atoms with Crippen molar-refractivity contribution < 1.29 is 4.79 Å². The minimum absolute atomic E-state index is 0.0125.